The first-order chi connectivity index (χ1) is 15.3. The van der Waals surface area contributed by atoms with E-state index in [2.05, 4.69) is 14.7 Å². The molecule has 1 amide bonds. The largest absolute Gasteiger partial charge is 0.453 e. The second kappa shape index (κ2) is 9.44. The van der Waals surface area contributed by atoms with Gasteiger partial charge < -0.3 is 14.4 Å². The third kappa shape index (κ3) is 4.96. The molecule has 1 saturated carbocycles. The maximum atomic E-state index is 13.1. The Labute approximate surface area is 187 Å². The fourth-order valence-electron chi connectivity index (χ4n) is 5.34. The molecule has 1 aromatic heterocycles. The zero-order valence-corrected chi connectivity index (χ0v) is 19.1. The van der Waals surface area contributed by atoms with Crippen LogP contribution in [0.2, 0.25) is 0 Å². The molecule has 4 atom stereocenters. The van der Waals surface area contributed by atoms with Crippen molar-refractivity contribution in [2.45, 2.75) is 56.3 Å². The average Bonchev–Trinajstić information content (AvgIpc) is 3.33. The van der Waals surface area contributed by atoms with Gasteiger partial charge in [0.25, 0.3) is 0 Å². The first-order valence-electron chi connectivity index (χ1n) is 10.9. The van der Waals surface area contributed by atoms with Crippen LogP contribution in [0.5, 0.6) is 0 Å². The lowest BCUT2D eigenvalue weighted by molar-refractivity contribution is -0.00189. The Bertz CT molecular complexity index is 909. The molecular formula is C20H30FN5O5S. The van der Waals surface area contributed by atoms with Crippen LogP contribution >= 0.6 is 0 Å². The number of ether oxygens (including phenoxy) is 2. The number of aromatic nitrogens is 2. The number of anilines is 1. The molecule has 3 fully saturated rings. The minimum Gasteiger partial charge on any atom is -0.453 e. The van der Waals surface area contributed by atoms with E-state index in [4.69, 9.17) is 9.47 Å². The zero-order chi connectivity index (χ0) is 22.9. The van der Waals surface area contributed by atoms with E-state index < -0.39 is 34.0 Å². The number of carbonyl (C=O) groups is 1. The van der Waals surface area contributed by atoms with Crippen molar-refractivity contribution in [1.29, 1.82) is 0 Å². The van der Waals surface area contributed by atoms with Gasteiger partial charge in [0.15, 0.2) is 5.82 Å². The molecule has 1 N–H and O–H groups in total. The van der Waals surface area contributed by atoms with Crippen molar-refractivity contribution >= 4 is 22.1 Å². The van der Waals surface area contributed by atoms with Crippen LogP contribution < -0.4 is 9.62 Å². The lowest BCUT2D eigenvalue weighted by Crippen LogP contribution is -2.51. The summed E-state index contributed by atoms with van der Waals surface area (Å²) in [5, 5.41) is 0. The summed E-state index contributed by atoms with van der Waals surface area (Å²) in [6.07, 6.45) is 7.04. The average molecular weight is 472 g/mol. The second-order valence-corrected chi connectivity index (χ2v) is 10.5. The van der Waals surface area contributed by atoms with Crippen molar-refractivity contribution < 1.29 is 27.1 Å². The minimum atomic E-state index is -3.45. The molecule has 3 heterocycles. The molecule has 32 heavy (non-hydrogen) atoms. The van der Waals surface area contributed by atoms with Gasteiger partial charge in [-0.15, -0.1) is 0 Å². The van der Waals surface area contributed by atoms with Gasteiger partial charge in [-0.1, -0.05) is 6.42 Å². The molecule has 2 aliphatic heterocycles. The minimum absolute atomic E-state index is 0.0366. The monoisotopic (exact) mass is 471 g/mol. The molecule has 178 valence electrons. The van der Waals surface area contributed by atoms with Crippen LogP contribution in [0.4, 0.5) is 15.1 Å². The fraction of sp³-hybridized carbons (Fsp3) is 0.750. The van der Waals surface area contributed by atoms with Gasteiger partial charge in [0.05, 0.1) is 44.5 Å². The number of hydrogen-bond donors (Lipinski definition) is 1. The first kappa shape index (κ1) is 23.1. The third-order valence-corrected chi connectivity index (χ3v) is 7.39. The Balaban J connectivity index is 1.40. The maximum absolute atomic E-state index is 13.1. The van der Waals surface area contributed by atoms with Crippen LogP contribution in [-0.4, -0.2) is 86.7 Å². The van der Waals surface area contributed by atoms with E-state index in [0.717, 1.165) is 50.8 Å². The SMILES string of the molecule is COC(=O)N1[C@@H]2CCC[C@@H]2[C@H](NS(C)(=O)=O)[C@@H]1COC1CCN(c2ncc(F)cn2)CC1. The second-order valence-electron chi connectivity index (χ2n) is 8.74. The van der Waals surface area contributed by atoms with Crippen molar-refractivity contribution in [1.82, 2.24) is 19.6 Å². The number of rotatable bonds is 6. The van der Waals surface area contributed by atoms with E-state index in [0.29, 0.717) is 19.0 Å². The molecule has 10 nitrogen and oxygen atoms in total. The number of likely N-dealkylation sites (tertiary alicyclic amines) is 1. The zero-order valence-electron chi connectivity index (χ0n) is 18.3. The highest BCUT2D eigenvalue weighted by Crippen LogP contribution is 2.42. The smallest absolute Gasteiger partial charge is 0.410 e. The van der Waals surface area contributed by atoms with E-state index in [1.54, 1.807) is 4.90 Å². The standard InChI is InChI=1S/C20H30FN5O5S/c1-30-20(27)26-16-5-3-4-15(16)18(24-32(2,28)29)17(26)12-31-14-6-8-25(9-7-14)19-22-10-13(21)11-23-19/h10-11,14-18,24H,3-9,12H2,1-2H3/t15-,16+,17-,18-/m0/s1. The number of methoxy groups -OCH3 is 1. The van der Waals surface area contributed by atoms with Gasteiger partial charge in [-0.3, -0.25) is 4.90 Å². The molecule has 4 rings (SSSR count). The highest BCUT2D eigenvalue weighted by atomic mass is 32.2. The van der Waals surface area contributed by atoms with E-state index >= 15 is 0 Å². The number of nitrogens with zero attached hydrogens (tertiary/aromatic N) is 4. The molecule has 0 unspecified atom stereocenters. The molecule has 12 heteroatoms. The molecule has 1 aliphatic carbocycles. The van der Waals surface area contributed by atoms with Crippen molar-refractivity contribution in [3.8, 4) is 0 Å². The molecule has 3 aliphatic rings. The molecule has 0 bridgehead atoms. The summed E-state index contributed by atoms with van der Waals surface area (Å²) in [5.74, 6) is 0.0679. The Morgan fingerprint density at radius 1 is 1.22 bits per heavy atom. The van der Waals surface area contributed by atoms with Gasteiger partial charge in [0, 0.05) is 25.2 Å². The molecule has 0 aromatic carbocycles. The lowest BCUT2D eigenvalue weighted by Gasteiger charge is -2.35. The number of amides is 1. The predicted octanol–water partition coefficient (Wildman–Crippen LogP) is 1.14. The van der Waals surface area contributed by atoms with Crippen molar-refractivity contribution in [2.75, 3.05) is 38.0 Å². The van der Waals surface area contributed by atoms with Crippen molar-refractivity contribution in [2.24, 2.45) is 5.92 Å². The van der Waals surface area contributed by atoms with Gasteiger partial charge in [-0.25, -0.2) is 32.3 Å². The van der Waals surface area contributed by atoms with Crippen LogP contribution in [-0.2, 0) is 19.5 Å². The topological polar surface area (TPSA) is 114 Å². The molecule has 0 spiro atoms. The number of hydrogen-bond acceptors (Lipinski definition) is 8. The predicted molar refractivity (Wildman–Crippen MR) is 114 cm³/mol. The number of halogens is 1. The van der Waals surface area contributed by atoms with Crippen LogP contribution in [0.1, 0.15) is 32.1 Å². The summed E-state index contributed by atoms with van der Waals surface area (Å²) in [7, 11) is -2.11. The maximum Gasteiger partial charge on any atom is 0.410 e. The Morgan fingerprint density at radius 3 is 2.53 bits per heavy atom. The first-order valence-corrected chi connectivity index (χ1v) is 12.8. The highest BCUT2D eigenvalue weighted by Gasteiger charge is 2.54. The number of sulfonamides is 1. The summed E-state index contributed by atoms with van der Waals surface area (Å²) < 4.78 is 51.1. The van der Waals surface area contributed by atoms with Gasteiger partial charge in [-0.2, -0.15) is 0 Å². The fourth-order valence-corrected chi connectivity index (χ4v) is 6.16. The lowest BCUT2D eigenvalue weighted by atomic mass is 9.96. The summed E-state index contributed by atoms with van der Waals surface area (Å²) in [6, 6.07) is -0.872. The van der Waals surface area contributed by atoms with Crippen LogP contribution in [0.3, 0.4) is 0 Å². The summed E-state index contributed by atoms with van der Waals surface area (Å²) in [6.45, 7) is 1.56. The van der Waals surface area contributed by atoms with E-state index in [-0.39, 0.29) is 24.7 Å². The van der Waals surface area contributed by atoms with Gasteiger partial charge >= 0.3 is 6.09 Å². The molecule has 2 saturated heterocycles. The molecular weight excluding hydrogens is 441 g/mol. The van der Waals surface area contributed by atoms with Crippen LogP contribution in [0, 0.1) is 11.7 Å². The summed E-state index contributed by atoms with van der Waals surface area (Å²) >= 11 is 0. The molecule has 1 aromatic rings. The number of piperidine rings is 1. The summed E-state index contributed by atoms with van der Waals surface area (Å²) in [4.78, 5) is 24.3. The van der Waals surface area contributed by atoms with Crippen molar-refractivity contribution in [3.05, 3.63) is 18.2 Å². The van der Waals surface area contributed by atoms with Crippen LogP contribution in [0.15, 0.2) is 12.4 Å². The number of fused-ring (bicyclic) bond motifs is 1. The van der Waals surface area contributed by atoms with Crippen LogP contribution in [0.25, 0.3) is 0 Å². The van der Waals surface area contributed by atoms with Crippen molar-refractivity contribution in [3.63, 3.8) is 0 Å². The Hall–Kier alpha value is -2.05. The number of carbonyl (C=O) groups excluding carboxylic acids is 1. The van der Waals surface area contributed by atoms with E-state index in [1.165, 1.54) is 7.11 Å². The third-order valence-electron chi connectivity index (χ3n) is 6.69. The Morgan fingerprint density at radius 2 is 1.91 bits per heavy atom. The van der Waals surface area contributed by atoms with Gasteiger partial charge in [0.1, 0.15) is 0 Å². The highest BCUT2D eigenvalue weighted by molar-refractivity contribution is 7.88. The summed E-state index contributed by atoms with van der Waals surface area (Å²) in [5.41, 5.74) is 0. The molecule has 0 radical (unpaired) electrons. The quantitative estimate of drug-likeness (QED) is 0.657. The Kier molecular flexibility index (Phi) is 6.82. The number of nitrogens with one attached hydrogen (secondary N) is 1. The van der Waals surface area contributed by atoms with E-state index in [1.807, 2.05) is 4.90 Å². The van der Waals surface area contributed by atoms with E-state index in [9.17, 15) is 17.6 Å². The normalized spacial score (nSPS) is 28.7. The van der Waals surface area contributed by atoms with Gasteiger partial charge in [0.2, 0.25) is 16.0 Å². The van der Waals surface area contributed by atoms with Gasteiger partial charge in [-0.05, 0) is 31.6 Å².